The van der Waals surface area contributed by atoms with Gasteiger partial charge in [0, 0.05) is 5.56 Å². The van der Waals surface area contributed by atoms with Crippen LogP contribution in [-0.2, 0) is 0 Å². The second-order valence-corrected chi connectivity index (χ2v) is 6.00. The fourth-order valence-electron chi connectivity index (χ4n) is 2.40. The van der Waals surface area contributed by atoms with E-state index in [0.717, 1.165) is 10.8 Å². The molecular formula is C19H14ClN3O4. The lowest BCUT2D eigenvalue weighted by molar-refractivity contribution is 0.0965. The highest BCUT2D eigenvalue weighted by Crippen LogP contribution is 2.21. The van der Waals surface area contributed by atoms with Gasteiger partial charge in [0.25, 0.3) is 5.91 Å². The van der Waals surface area contributed by atoms with Gasteiger partial charge in [0.2, 0.25) is 0 Å². The topological polar surface area (TPSA) is 108 Å². The number of halogens is 1. The lowest BCUT2D eigenvalue weighted by Crippen LogP contribution is -2.44. The van der Waals surface area contributed by atoms with Gasteiger partial charge in [-0.1, -0.05) is 35.9 Å². The number of benzene rings is 3. The van der Waals surface area contributed by atoms with Gasteiger partial charge in [0.05, 0.1) is 10.7 Å². The number of phenolic OH excluding ortho intramolecular Hbond substituents is 1. The van der Waals surface area contributed by atoms with Crippen molar-refractivity contribution in [1.82, 2.24) is 10.6 Å². The Bertz CT molecular complexity index is 1050. The summed E-state index contributed by atoms with van der Waals surface area (Å²) in [5.41, 5.74) is 0.559. The van der Waals surface area contributed by atoms with Crippen LogP contribution in [0.25, 0.3) is 10.8 Å². The van der Waals surface area contributed by atoms with Gasteiger partial charge >= 0.3 is 12.1 Å². The smallest absolute Gasteiger partial charge is 0.329 e. The fourth-order valence-corrected chi connectivity index (χ4v) is 2.58. The van der Waals surface area contributed by atoms with Crippen molar-refractivity contribution < 1.29 is 19.5 Å². The summed E-state index contributed by atoms with van der Waals surface area (Å²) in [6.07, 6.45) is 0. The molecule has 0 aliphatic heterocycles. The van der Waals surface area contributed by atoms with Crippen LogP contribution in [-0.4, -0.2) is 23.1 Å². The van der Waals surface area contributed by atoms with E-state index in [1.807, 2.05) is 5.32 Å². The number of aromatic hydroxyl groups is 1. The molecule has 5 amide bonds. The van der Waals surface area contributed by atoms with Crippen molar-refractivity contribution in [3.8, 4) is 5.75 Å². The van der Waals surface area contributed by atoms with Crippen LogP contribution in [0.15, 0.2) is 60.7 Å². The van der Waals surface area contributed by atoms with Crippen molar-refractivity contribution in [2.45, 2.75) is 0 Å². The predicted molar refractivity (Wildman–Crippen MR) is 102 cm³/mol. The first-order valence-electron chi connectivity index (χ1n) is 7.83. The number of nitrogens with one attached hydrogen (secondary N) is 3. The number of hydrogen-bond donors (Lipinski definition) is 4. The van der Waals surface area contributed by atoms with E-state index in [0.29, 0.717) is 10.7 Å². The Hall–Kier alpha value is -3.58. The highest BCUT2D eigenvalue weighted by molar-refractivity contribution is 6.33. The molecule has 136 valence electrons. The molecule has 0 aliphatic carbocycles. The number of hydrogen-bond acceptors (Lipinski definition) is 4. The average Bonchev–Trinajstić information content (AvgIpc) is 2.63. The first kappa shape index (κ1) is 18.2. The maximum absolute atomic E-state index is 12.2. The zero-order valence-electron chi connectivity index (χ0n) is 13.8. The molecule has 0 aliphatic rings. The van der Waals surface area contributed by atoms with Gasteiger partial charge in [-0.25, -0.2) is 9.59 Å². The van der Waals surface area contributed by atoms with Crippen molar-refractivity contribution in [2.75, 3.05) is 5.32 Å². The lowest BCUT2D eigenvalue weighted by Gasteiger charge is -2.09. The van der Waals surface area contributed by atoms with Gasteiger partial charge in [-0.15, -0.1) is 0 Å². The number of carbonyl (C=O) groups excluding carboxylic acids is 3. The van der Waals surface area contributed by atoms with Crippen LogP contribution in [0, 0.1) is 0 Å². The molecule has 0 saturated heterocycles. The van der Waals surface area contributed by atoms with Crippen molar-refractivity contribution in [2.24, 2.45) is 0 Å². The molecule has 0 aromatic heterocycles. The van der Waals surface area contributed by atoms with Gasteiger partial charge in [-0.2, -0.15) is 0 Å². The van der Waals surface area contributed by atoms with Crippen LogP contribution >= 0.6 is 11.6 Å². The molecule has 3 aromatic rings. The van der Waals surface area contributed by atoms with Gasteiger partial charge in [0.15, 0.2) is 0 Å². The molecule has 3 rings (SSSR count). The van der Waals surface area contributed by atoms with E-state index in [-0.39, 0.29) is 11.3 Å². The van der Waals surface area contributed by atoms with E-state index < -0.39 is 18.0 Å². The molecule has 0 radical (unpaired) electrons. The maximum Gasteiger partial charge on any atom is 0.329 e. The van der Waals surface area contributed by atoms with Gasteiger partial charge in [-0.3, -0.25) is 15.4 Å². The number of carbonyl (C=O) groups is 3. The lowest BCUT2D eigenvalue weighted by atomic mass is 10.1. The Balaban J connectivity index is 1.62. The van der Waals surface area contributed by atoms with Gasteiger partial charge in [-0.05, 0) is 47.2 Å². The number of imide groups is 2. The molecule has 0 bridgehead atoms. The summed E-state index contributed by atoms with van der Waals surface area (Å²) in [4.78, 5) is 35.9. The van der Waals surface area contributed by atoms with Crippen LogP contribution in [0.4, 0.5) is 15.3 Å². The number of anilines is 1. The van der Waals surface area contributed by atoms with Crippen LogP contribution in [0.2, 0.25) is 5.02 Å². The highest BCUT2D eigenvalue weighted by atomic mass is 35.5. The summed E-state index contributed by atoms with van der Waals surface area (Å²) < 4.78 is 0. The predicted octanol–water partition coefficient (Wildman–Crippen LogP) is 3.87. The molecule has 0 unspecified atom stereocenters. The van der Waals surface area contributed by atoms with Crippen molar-refractivity contribution in [3.63, 3.8) is 0 Å². The normalized spacial score (nSPS) is 10.3. The Morgan fingerprint density at radius 3 is 2.30 bits per heavy atom. The number of fused-ring (bicyclic) bond motifs is 1. The molecule has 7 nitrogen and oxygen atoms in total. The number of amides is 5. The van der Waals surface area contributed by atoms with Gasteiger partial charge < -0.3 is 10.4 Å². The Kier molecular flexibility index (Phi) is 5.23. The van der Waals surface area contributed by atoms with Crippen LogP contribution in [0.1, 0.15) is 10.4 Å². The van der Waals surface area contributed by atoms with Crippen molar-refractivity contribution >= 4 is 46.0 Å². The van der Waals surface area contributed by atoms with Crippen molar-refractivity contribution in [1.29, 1.82) is 0 Å². The van der Waals surface area contributed by atoms with Crippen LogP contribution in [0.5, 0.6) is 5.75 Å². The van der Waals surface area contributed by atoms with Crippen molar-refractivity contribution in [3.05, 3.63) is 71.2 Å². The van der Waals surface area contributed by atoms with E-state index in [9.17, 15) is 19.5 Å². The standard InChI is InChI=1S/C19H14ClN3O4/c20-15-3-1-2-4-16(15)21-18(26)23-19(27)22-17(25)13-6-5-12-10-14(24)8-7-11(12)9-13/h1-10,24H,(H3,21,22,23,25,26,27). The zero-order valence-corrected chi connectivity index (χ0v) is 14.6. The maximum atomic E-state index is 12.2. The SMILES string of the molecule is O=C(NC(=O)Nc1ccccc1Cl)NC(=O)c1ccc2cc(O)ccc2c1. The van der Waals surface area contributed by atoms with Crippen LogP contribution in [0.3, 0.4) is 0 Å². The first-order chi connectivity index (χ1) is 12.9. The summed E-state index contributed by atoms with van der Waals surface area (Å²) in [6.45, 7) is 0. The second-order valence-electron chi connectivity index (χ2n) is 5.59. The number of para-hydroxylation sites is 1. The van der Waals surface area contributed by atoms with Crippen LogP contribution < -0.4 is 16.0 Å². The highest BCUT2D eigenvalue weighted by Gasteiger charge is 2.14. The third kappa shape index (κ3) is 4.53. The third-order valence-electron chi connectivity index (χ3n) is 3.66. The van der Waals surface area contributed by atoms with E-state index >= 15 is 0 Å². The zero-order chi connectivity index (χ0) is 19.4. The van der Waals surface area contributed by atoms with E-state index in [1.165, 1.54) is 12.1 Å². The minimum Gasteiger partial charge on any atom is -0.508 e. The van der Waals surface area contributed by atoms with E-state index in [4.69, 9.17) is 11.6 Å². The summed E-state index contributed by atoms with van der Waals surface area (Å²) in [6, 6.07) is 14.1. The van der Waals surface area contributed by atoms with E-state index in [1.54, 1.807) is 48.5 Å². The molecule has 4 N–H and O–H groups in total. The number of phenols is 1. The average molecular weight is 384 g/mol. The molecule has 27 heavy (non-hydrogen) atoms. The van der Waals surface area contributed by atoms with Gasteiger partial charge in [0.1, 0.15) is 5.75 Å². The quantitative estimate of drug-likeness (QED) is 0.538. The Morgan fingerprint density at radius 1 is 0.815 bits per heavy atom. The second kappa shape index (κ2) is 7.76. The summed E-state index contributed by atoms with van der Waals surface area (Å²) in [7, 11) is 0. The first-order valence-corrected chi connectivity index (χ1v) is 8.21. The summed E-state index contributed by atoms with van der Waals surface area (Å²) in [5.74, 6) is -0.559. The molecule has 0 spiro atoms. The minimum atomic E-state index is -0.977. The Labute approximate surface area is 158 Å². The largest absolute Gasteiger partial charge is 0.508 e. The summed E-state index contributed by atoms with van der Waals surface area (Å²) in [5, 5.41) is 17.7. The monoisotopic (exact) mass is 383 g/mol. The third-order valence-corrected chi connectivity index (χ3v) is 3.99. The number of urea groups is 2. The fraction of sp³-hybridized carbons (Fsp3) is 0. The molecule has 3 aromatic carbocycles. The molecule has 8 heteroatoms. The molecule has 0 atom stereocenters. The number of rotatable bonds is 2. The Morgan fingerprint density at radius 2 is 1.52 bits per heavy atom. The minimum absolute atomic E-state index is 0.114. The molecular weight excluding hydrogens is 370 g/mol. The van der Waals surface area contributed by atoms with E-state index in [2.05, 4.69) is 10.6 Å². The molecule has 0 heterocycles. The molecule has 0 saturated carbocycles. The molecule has 0 fully saturated rings. The summed E-state index contributed by atoms with van der Waals surface area (Å²) >= 11 is 5.91.